The van der Waals surface area contributed by atoms with Gasteiger partial charge >= 0.3 is 0 Å². The number of benzene rings is 1. The van der Waals surface area contributed by atoms with Gasteiger partial charge < -0.3 is 10.6 Å². The van der Waals surface area contributed by atoms with Gasteiger partial charge in [-0.05, 0) is 63.1 Å². The summed E-state index contributed by atoms with van der Waals surface area (Å²) in [6, 6.07) is 8.47. The van der Waals surface area contributed by atoms with Crippen molar-refractivity contribution in [2.24, 2.45) is 0 Å². The van der Waals surface area contributed by atoms with E-state index >= 15 is 0 Å². The highest BCUT2D eigenvalue weighted by Crippen LogP contribution is 2.25. The lowest BCUT2D eigenvalue weighted by molar-refractivity contribution is -0.116. The summed E-state index contributed by atoms with van der Waals surface area (Å²) in [5.74, 6) is -0.776. The largest absolute Gasteiger partial charge is 0.345 e. The fraction of sp³-hybridized carbons (Fsp3) is 0.227. The maximum Gasteiger partial charge on any atom is 0.274 e. The monoisotopic (exact) mass is 439 g/mol. The number of aryl methyl sites for hydroxylation is 3. The van der Waals surface area contributed by atoms with Gasteiger partial charge in [-0.25, -0.2) is 9.67 Å². The van der Waals surface area contributed by atoms with Crippen LogP contribution in [0.3, 0.4) is 0 Å². The van der Waals surface area contributed by atoms with E-state index in [1.807, 2.05) is 13.0 Å². The molecule has 0 fully saturated rings. The smallest absolute Gasteiger partial charge is 0.274 e. The highest BCUT2D eigenvalue weighted by Gasteiger charge is 2.22. The number of rotatable bonds is 6. The minimum absolute atomic E-state index is 0.0939. The molecule has 31 heavy (non-hydrogen) atoms. The SMILES string of the molecule is CC(=O)CNC(=O)c1cc(C)cc(C)c1NC(=O)c1cc(C)nn1-c1ncccc1Cl. The van der Waals surface area contributed by atoms with Gasteiger partial charge in [0.1, 0.15) is 11.5 Å². The Morgan fingerprint density at radius 3 is 2.52 bits per heavy atom. The lowest BCUT2D eigenvalue weighted by atomic mass is 10.0. The second-order valence-electron chi connectivity index (χ2n) is 7.23. The van der Waals surface area contributed by atoms with Gasteiger partial charge in [0.2, 0.25) is 0 Å². The average molecular weight is 440 g/mol. The molecule has 0 spiro atoms. The number of anilines is 1. The van der Waals surface area contributed by atoms with Crippen LogP contribution in [0.4, 0.5) is 5.69 Å². The molecule has 2 N–H and O–H groups in total. The van der Waals surface area contributed by atoms with Crippen LogP contribution in [0.15, 0.2) is 36.5 Å². The molecule has 9 heteroatoms. The Bertz CT molecular complexity index is 1190. The van der Waals surface area contributed by atoms with Gasteiger partial charge in [0.25, 0.3) is 11.8 Å². The Morgan fingerprint density at radius 1 is 1.10 bits per heavy atom. The van der Waals surface area contributed by atoms with Crippen LogP contribution < -0.4 is 10.6 Å². The van der Waals surface area contributed by atoms with Crippen molar-refractivity contribution in [1.82, 2.24) is 20.1 Å². The Kier molecular flexibility index (Phi) is 6.50. The Balaban J connectivity index is 1.99. The van der Waals surface area contributed by atoms with Gasteiger partial charge in [0, 0.05) is 6.20 Å². The Hall–Kier alpha value is -3.52. The summed E-state index contributed by atoms with van der Waals surface area (Å²) in [7, 11) is 0. The van der Waals surface area contributed by atoms with Crippen LogP contribution in [0.1, 0.15) is 44.6 Å². The van der Waals surface area contributed by atoms with Crippen molar-refractivity contribution in [3.8, 4) is 5.82 Å². The number of ketones is 1. The van der Waals surface area contributed by atoms with E-state index in [0.29, 0.717) is 27.8 Å². The third kappa shape index (κ3) is 4.97. The molecule has 0 atom stereocenters. The number of aromatic nitrogens is 3. The molecule has 0 aliphatic rings. The van der Waals surface area contributed by atoms with Crippen LogP contribution in [0.25, 0.3) is 5.82 Å². The topological polar surface area (TPSA) is 106 Å². The first-order chi connectivity index (χ1) is 14.7. The standard InChI is InChI=1S/C22H22ClN5O3/c1-12-8-13(2)19(16(9-12)21(30)25-11-15(4)29)26-22(31)18-10-14(3)27-28(18)20-17(23)6-5-7-24-20/h5-10H,11H2,1-4H3,(H,25,30)(H,26,31). The second-order valence-corrected chi connectivity index (χ2v) is 7.64. The van der Waals surface area contributed by atoms with Crippen LogP contribution in [0.5, 0.6) is 0 Å². The molecular weight excluding hydrogens is 418 g/mol. The molecule has 3 rings (SSSR count). The zero-order valence-corrected chi connectivity index (χ0v) is 18.4. The van der Waals surface area contributed by atoms with Gasteiger partial charge in [-0.1, -0.05) is 17.7 Å². The third-order valence-electron chi connectivity index (χ3n) is 4.46. The minimum atomic E-state index is -0.477. The fourth-order valence-corrected chi connectivity index (χ4v) is 3.35. The number of hydrogen-bond acceptors (Lipinski definition) is 5. The Morgan fingerprint density at radius 2 is 1.84 bits per heavy atom. The van der Waals surface area contributed by atoms with Gasteiger partial charge in [0.05, 0.1) is 28.5 Å². The summed E-state index contributed by atoms with van der Waals surface area (Å²) in [4.78, 5) is 41.3. The van der Waals surface area contributed by atoms with Crippen molar-refractivity contribution < 1.29 is 14.4 Å². The molecule has 2 heterocycles. The zero-order valence-electron chi connectivity index (χ0n) is 17.6. The molecule has 1 aromatic carbocycles. The fourth-order valence-electron chi connectivity index (χ4n) is 3.15. The first-order valence-electron chi connectivity index (χ1n) is 9.55. The molecule has 0 radical (unpaired) electrons. The van der Waals surface area contributed by atoms with E-state index in [4.69, 9.17) is 11.6 Å². The number of nitrogens with zero attached hydrogens (tertiary/aromatic N) is 3. The number of Topliss-reactive ketones (excluding diaryl/α,β-unsaturated/α-hetero) is 1. The van der Waals surface area contributed by atoms with Crippen molar-refractivity contribution in [2.75, 3.05) is 11.9 Å². The van der Waals surface area contributed by atoms with Gasteiger partial charge in [0.15, 0.2) is 5.82 Å². The van der Waals surface area contributed by atoms with E-state index in [9.17, 15) is 14.4 Å². The number of amides is 2. The molecule has 0 aliphatic heterocycles. The normalized spacial score (nSPS) is 10.6. The van der Waals surface area contributed by atoms with Crippen LogP contribution >= 0.6 is 11.6 Å². The van der Waals surface area contributed by atoms with Gasteiger partial charge in [-0.15, -0.1) is 0 Å². The van der Waals surface area contributed by atoms with E-state index < -0.39 is 11.8 Å². The summed E-state index contributed by atoms with van der Waals surface area (Å²) < 4.78 is 1.37. The number of carbonyl (C=O) groups excluding carboxylic acids is 3. The highest BCUT2D eigenvalue weighted by molar-refractivity contribution is 6.32. The summed E-state index contributed by atoms with van der Waals surface area (Å²) in [5.41, 5.74) is 3.00. The van der Waals surface area contributed by atoms with Crippen molar-refractivity contribution in [2.45, 2.75) is 27.7 Å². The molecule has 3 aromatic rings. The quantitative estimate of drug-likeness (QED) is 0.612. The van der Waals surface area contributed by atoms with E-state index in [0.717, 1.165) is 5.56 Å². The first-order valence-corrected chi connectivity index (χ1v) is 9.93. The van der Waals surface area contributed by atoms with Gasteiger partial charge in [-0.2, -0.15) is 5.10 Å². The molecule has 2 aromatic heterocycles. The lowest BCUT2D eigenvalue weighted by Gasteiger charge is -2.15. The lowest BCUT2D eigenvalue weighted by Crippen LogP contribution is -2.30. The maximum atomic E-state index is 13.2. The predicted molar refractivity (Wildman–Crippen MR) is 118 cm³/mol. The van der Waals surface area contributed by atoms with E-state index in [1.54, 1.807) is 44.3 Å². The molecule has 0 saturated carbocycles. The predicted octanol–water partition coefficient (Wildman–Crippen LogP) is 3.42. The highest BCUT2D eigenvalue weighted by atomic mass is 35.5. The zero-order chi connectivity index (χ0) is 22.7. The number of pyridine rings is 1. The summed E-state index contributed by atoms with van der Waals surface area (Å²) in [6.45, 7) is 6.69. The first kappa shape index (κ1) is 22.2. The molecule has 0 bridgehead atoms. The molecule has 8 nitrogen and oxygen atoms in total. The number of hydrogen-bond donors (Lipinski definition) is 2. The third-order valence-corrected chi connectivity index (χ3v) is 4.76. The van der Waals surface area contributed by atoms with Crippen molar-refractivity contribution in [3.63, 3.8) is 0 Å². The average Bonchev–Trinajstić information content (AvgIpc) is 3.09. The van der Waals surface area contributed by atoms with Crippen LogP contribution in [-0.4, -0.2) is 38.9 Å². The number of halogens is 1. The molecule has 0 aliphatic carbocycles. The van der Waals surface area contributed by atoms with E-state index in [-0.39, 0.29) is 23.6 Å². The van der Waals surface area contributed by atoms with E-state index in [2.05, 4.69) is 20.7 Å². The van der Waals surface area contributed by atoms with Crippen molar-refractivity contribution in [3.05, 3.63) is 69.6 Å². The van der Waals surface area contributed by atoms with Crippen molar-refractivity contribution >= 4 is 34.9 Å². The Labute approximate surface area is 184 Å². The van der Waals surface area contributed by atoms with Crippen LogP contribution in [0.2, 0.25) is 5.02 Å². The molecule has 0 unspecified atom stereocenters. The van der Waals surface area contributed by atoms with Crippen LogP contribution in [0, 0.1) is 20.8 Å². The summed E-state index contributed by atoms with van der Waals surface area (Å²) in [5, 5.41) is 10.1. The summed E-state index contributed by atoms with van der Waals surface area (Å²) >= 11 is 6.24. The molecule has 2 amide bonds. The van der Waals surface area contributed by atoms with Gasteiger partial charge in [-0.3, -0.25) is 14.4 Å². The van der Waals surface area contributed by atoms with Crippen LogP contribution in [-0.2, 0) is 4.79 Å². The molecular formula is C22H22ClN5O3. The van der Waals surface area contributed by atoms with E-state index in [1.165, 1.54) is 11.6 Å². The molecule has 160 valence electrons. The number of nitrogens with one attached hydrogen (secondary N) is 2. The second kappa shape index (κ2) is 9.09. The molecule has 0 saturated heterocycles. The van der Waals surface area contributed by atoms with Crippen molar-refractivity contribution in [1.29, 1.82) is 0 Å². The number of carbonyl (C=O) groups is 3. The maximum absolute atomic E-state index is 13.2. The summed E-state index contributed by atoms with van der Waals surface area (Å²) in [6.07, 6.45) is 1.56. The minimum Gasteiger partial charge on any atom is -0.345 e.